The molecule has 2 amide bonds. The number of hydrogen-bond acceptors (Lipinski definition) is 3. The third-order valence-electron chi connectivity index (χ3n) is 3.11. The van der Waals surface area contributed by atoms with Gasteiger partial charge in [-0.05, 0) is 18.1 Å². The van der Waals surface area contributed by atoms with Crippen molar-refractivity contribution in [3.63, 3.8) is 0 Å². The van der Waals surface area contributed by atoms with Gasteiger partial charge in [-0.2, -0.15) is 0 Å². The predicted octanol–water partition coefficient (Wildman–Crippen LogP) is 2.60. The fourth-order valence-corrected chi connectivity index (χ4v) is 1.69. The highest BCUT2D eigenvalue weighted by Crippen LogP contribution is 2.22. The van der Waals surface area contributed by atoms with Crippen LogP contribution in [0, 0.1) is 5.92 Å². The first kappa shape index (κ1) is 15.8. The number of anilines is 1. The summed E-state index contributed by atoms with van der Waals surface area (Å²) in [5.74, 6) is -1.19. The van der Waals surface area contributed by atoms with Crippen LogP contribution >= 0.6 is 0 Å². The number of aromatic carboxylic acids is 1. The highest BCUT2D eigenvalue weighted by molar-refractivity contribution is 5.93. The fraction of sp³-hybridized carbons (Fsp3) is 0.429. The summed E-state index contributed by atoms with van der Waals surface area (Å²) in [5.41, 5.74) is 0.157. The first-order valence-electron chi connectivity index (χ1n) is 6.43. The van der Waals surface area contributed by atoms with Crippen molar-refractivity contribution in [2.75, 3.05) is 18.9 Å². The summed E-state index contributed by atoms with van der Waals surface area (Å²) in [6, 6.07) is 3.62. The number of rotatable bonds is 5. The van der Waals surface area contributed by atoms with Gasteiger partial charge in [-0.1, -0.05) is 20.3 Å². The Morgan fingerprint density at radius 3 is 2.55 bits per heavy atom. The minimum absolute atomic E-state index is 0.198. The summed E-state index contributed by atoms with van der Waals surface area (Å²) in [5, 5.41) is 21.0. The number of nitrogens with one attached hydrogen (secondary N) is 1. The molecule has 0 heterocycles. The molecule has 0 aromatic heterocycles. The Bertz CT molecular complexity index is 502. The number of benzene rings is 1. The van der Waals surface area contributed by atoms with Crippen molar-refractivity contribution in [3.8, 4) is 5.75 Å². The van der Waals surface area contributed by atoms with E-state index in [1.54, 1.807) is 11.9 Å². The van der Waals surface area contributed by atoms with E-state index in [1.165, 1.54) is 18.2 Å². The van der Waals surface area contributed by atoms with Crippen molar-refractivity contribution < 1.29 is 19.8 Å². The summed E-state index contributed by atoms with van der Waals surface area (Å²) in [6.07, 6.45) is 0.978. The zero-order valence-electron chi connectivity index (χ0n) is 11.9. The van der Waals surface area contributed by atoms with Gasteiger partial charge < -0.3 is 20.4 Å². The van der Waals surface area contributed by atoms with Crippen LogP contribution in [0.1, 0.15) is 30.6 Å². The molecule has 0 fully saturated rings. The fourth-order valence-electron chi connectivity index (χ4n) is 1.69. The van der Waals surface area contributed by atoms with Gasteiger partial charge in [-0.25, -0.2) is 9.59 Å². The number of urea groups is 1. The Morgan fingerprint density at radius 2 is 2.05 bits per heavy atom. The highest BCUT2D eigenvalue weighted by atomic mass is 16.4. The summed E-state index contributed by atoms with van der Waals surface area (Å²) in [4.78, 5) is 24.2. The molecule has 20 heavy (non-hydrogen) atoms. The monoisotopic (exact) mass is 280 g/mol. The number of carboxylic acids is 1. The maximum atomic E-state index is 11.9. The van der Waals surface area contributed by atoms with Crippen LogP contribution < -0.4 is 5.32 Å². The van der Waals surface area contributed by atoms with Crippen LogP contribution in [0.4, 0.5) is 10.5 Å². The number of phenols is 1. The molecule has 110 valence electrons. The maximum Gasteiger partial charge on any atom is 0.339 e. The lowest BCUT2D eigenvalue weighted by Crippen LogP contribution is -2.34. The molecular weight excluding hydrogens is 260 g/mol. The number of carbonyl (C=O) groups is 2. The van der Waals surface area contributed by atoms with E-state index >= 15 is 0 Å². The van der Waals surface area contributed by atoms with Crippen LogP contribution in [0.3, 0.4) is 0 Å². The second kappa shape index (κ2) is 6.79. The van der Waals surface area contributed by atoms with E-state index in [0.717, 1.165) is 6.42 Å². The van der Waals surface area contributed by atoms with Crippen LogP contribution in [0.5, 0.6) is 5.75 Å². The quantitative estimate of drug-likeness (QED) is 0.773. The van der Waals surface area contributed by atoms with Crippen molar-refractivity contribution in [2.45, 2.75) is 20.3 Å². The van der Waals surface area contributed by atoms with Gasteiger partial charge in [0.05, 0.1) is 0 Å². The van der Waals surface area contributed by atoms with Crippen LogP contribution in [-0.2, 0) is 0 Å². The Kier molecular flexibility index (Phi) is 5.37. The molecule has 1 atom stereocenters. The molecule has 0 aliphatic heterocycles. The first-order valence-corrected chi connectivity index (χ1v) is 6.43. The Balaban J connectivity index is 2.71. The molecule has 0 aliphatic carbocycles. The molecule has 1 aromatic rings. The van der Waals surface area contributed by atoms with E-state index < -0.39 is 5.97 Å². The van der Waals surface area contributed by atoms with Gasteiger partial charge in [0.2, 0.25) is 0 Å². The molecule has 3 N–H and O–H groups in total. The van der Waals surface area contributed by atoms with E-state index in [0.29, 0.717) is 18.2 Å². The number of nitrogens with zero attached hydrogens (tertiary/aromatic N) is 1. The molecule has 0 saturated heterocycles. The zero-order chi connectivity index (χ0) is 15.3. The number of amides is 2. The molecule has 0 radical (unpaired) electrons. The molecule has 1 unspecified atom stereocenters. The van der Waals surface area contributed by atoms with E-state index in [9.17, 15) is 14.7 Å². The molecule has 6 heteroatoms. The van der Waals surface area contributed by atoms with Crippen molar-refractivity contribution in [2.24, 2.45) is 5.92 Å². The first-order chi connectivity index (χ1) is 9.35. The number of carboxylic acid groups (broad SMARTS) is 1. The number of hydrogen-bond donors (Lipinski definition) is 3. The van der Waals surface area contributed by atoms with E-state index in [4.69, 9.17) is 5.11 Å². The number of aromatic hydroxyl groups is 1. The predicted molar refractivity (Wildman–Crippen MR) is 76.2 cm³/mol. The summed E-state index contributed by atoms with van der Waals surface area (Å²) in [7, 11) is 1.69. The van der Waals surface area contributed by atoms with E-state index in [2.05, 4.69) is 19.2 Å². The molecule has 0 aliphatic rings. The lowest BCUT2D eigenvalue weighted by Gasteiger charge is -2.21. The molecule has 6 nitrogen and oxygen atoms in total. The average molecular weight is 280 g/mol. The lowest BCUT2D eigenvalue weighted by molar-refractivity contribution is 0.0694. The minimum Gasteiger partial charge on any atom is -0.507 e. The highest BCUT2D eigenvalue weighted by Gasteiger charge is 2.14. The normalized spacial score (nSPS) is 11.8. The second-order valence-electron chi connectivity index (χ2n) is 4.86. The lowest BCUT2D eigenvalue weighted by atomic mass is 10.1. The van der Waals surface area contributed by atoms with Gasteiger partial charge in [0.1, 0.15) is 11.3 Å². The smallest absolute Gasteiger partial charge is 0.339 e. The van der Waals surface area contributed by atoms with E-state index in [1.807, 2.05) is 0 Å². The molecule has 0 saturated carbocycles. The second-order valence-corrected chi connectivity index (χ2v) is 4.86. The third-order valence-corrected chi connectivity index (χ3v) is 3.11. The summed E-state index contributed by atoms with van der Waals surface area (Å²) in [6.45, 7) is 4.73. The van der Waals surface area contributed by atoms with Crippen LogP contribution in [0.25, 0.3) is 0 Å². The van der Waals surface area contributed by atoms with Crippen molar-refractivity contribution >= 4 is 17.7 Å². The molecule has 0 spiro atoms. The Labute approximate surface area is 118 Å². The van der Waals surface area contributed by atoms with Gasteiger partial charge in [0.25, 0.3) is 0 Å². The summed E-state index contributed by atoms with van der Waals surface area (Å²) >= 11 is 0. The van der Waals surface area contributed by atoms with Crippen LogP contribution in [0.2, 0.25) is 0 Å². The topological polar surface area (TPSA) is 89.9 Å². The van der Waals surface area contributed by atoms with Crippen LogP contribution in [-0.4, -0.2) is 40.7 Å². The number of carbonyl (C=O) groups excluding carboxylic acids is 1. The van der Waals surface area contributed by atoms with Crippen molar-refractivity contribution in [1.82, 2.24) is 4.90 Å². The standard InChI is InChI=1S/C14H20N2O4/c1-4-9(2)8-16(3)14(20)15-10-5-6-11(13(18)19)12(17)7-10/h5-7,9,17H,4,8H2,1-3H3,(H,15,20)(H,18,19). The largest absolute Gasteiger partial charge is 0.507 e. The Morgan fingerprint density at radius 1 is 1.40 bits per heavy atom. The van der Waals surface area contributed by atoms with Gasteiger partial charge in [-0.3, -0.25) is 0 Å². The Hall–Kier alpha value is -2.24. The van der Waals surface area contributed by atoms with Gasteiger partial charge >= 0.3 is 12.0 Å². The van der Waals surface area contributed by atoms with Crippen LogP contribution in [0.15, 0.2) is 18.2 Å². The SMILES string of the molecule is CCC(C)CN(C)C(=O)Nc1ccc(C(=O)O)c(O)c1. The van der Waals surface area contributed by atoms with Gasteiger partial charge in [0, 0.05) is 25.3 Å². The molecular formula is C14H20N2O4. The molecule has 1 rings (SSSR count). The van der Waals surface area contributed by atoms with Crippen molar-refractivity contribution in [1.29, 1.82) is 0 Å². The van der Waals surface area contributed by atoms with Crippen molar-refractivity contribution in [3.05, 3.63) is 23.8 Å². The average Bonchev–Trinajstić information content (AvgIpc) is 2.37. The van der Waals surface area contributed by atoms with E-state index in [-0.39, 0.29) is 17.3 Å². The third kappa shape index (κ3) is 4.15. The molecule has 0 bridgehead atoms. The van der Waals surface area contributed by atoms with Gasteiger partial charge in [0.15, 0.2) is 0 Å². The van der Waals surface area contributed by atoms with Gasteiger partial charge in [-0.15, -0.1) is 0 Å². The maximum absolute atomic E-state index is 11.9. The zero-order valence-corrected chi connectivity index (χ0v) is 11.9. The minimum atomic E-state index is -1.21. The molecule has 1 aromatic carbocycles. The summed E-state index contributed by atoms with van der Waals surface area (Å²) < 4.78 is 0.